The summed E-state index contributed by atoms with van der Waals surface area (Å²) < 4.78 is 13.7. The zero-order chi connectivity index (χ0) is 14.7. The summed E-state index contributed by atoms with van der Waals surface area (Å²) in [5.74, 6) is -3.76. The number of benzene rings is 1. The van der Waals surface area contributed by atoms with Crippen molar-refractivity contribution in [2.75, 3.05) is 5.32 Å². The second-order valence-corrected chi connectivity index (χ2v) is 4.99. The Bertz CT molecular complexity index is 574. The maximum Gasteiger partial charge on any atom is 0.307 e. The van der Waals surface area contributed by atoms with Gasteiger partial charge in [0.25, 0.3) is 0 Å². The minimum Gasteiger partial charge on any atom is -0.481 e. The lowest BCUT2D eigenvalue weighted by atomic mass is 9.82. The monoisotopic (exact) mass is 297 g/mol. The Morgan fingerprint density at radius 3 is 2.55 bits per heavy atom. The van der Waals surface area contributed by atoms with Gasteiger partial charge in [0, 0.05) is 0 Å². The number of carboxylic acids is 1. The Morgan fingerprint density at radius 2 is 1.90 bits per heavy atom. The van der Waals surface area contributed by atoms with Crippen LogP contribution < -0.4 is 5.32 Å². The van der Waals surface area contributed by atoms with Crippen molar-refractivity contribution in [3.05, 3.63) is 41.2 Å². The van der Waals surface area contributed by atoms with E-state index < -0.39 is 29.5 Å². The number of halogens is 2. The predicted molar refractivity (Wildman–Crippen MR) is 73.0 cm³/mol. The molecule has 1 amide bonds. The van der Waals surface area contributed by atoms with E-state index in [0.717, 1.165) is 0 Å². The van der Waals surface area contributed by atoms with Gasteiger partial charge in [0.1, 0.15) is 0 Å². The van der Waals surface area contributed by atoms with Gasteiger partial charge in [-0.2, -0.15) is 0 Å². The Balaban J connectivity index is 2.17. The third-order valence-corrected chi connectivity index (χ3v) is 3.59. The molecular formula is C14H13ClFNO3. The number of carboxylic acid groups (broad SMARTS) is 1. The minimum atomic E-state index is -1.03. The smallest absolute Gasteiger partial charge is 0.307 e. The number of amides is 1. The van der Waals surface area contributed by atoms with E-state index in [2.05, 4.69) is 5.32 Å². The highest BCUT2D eigenvalue weighted by atomic mass is 35.5. The fraction of sp³-hybridized carbons (Fsp3) is 0.286. The highest BCUT2D eigenvalue weighted by molar-refractivity contribution is 6.31. The molecule has 0 saturated heterocycles. The van der Waals surface area contributed by atoms with Gasteiger partial charge in [0.05, 0.1) is 22.5 Å². The molecule has 0 aliphatic heterocycles. The summed E-state index contributed by atoms with van der Waals surface area (Å²) in [6.07, 6.45) is 4.12. The van der Waals surface area contributed by atoms with E-state index in [1.807, 2.05) is 0 Å². The van der Waals surface area contributed by atoms with Crippen LogP contribution in [0.4, 0.5) is 10.1 Å². The molecule has 1 aliphatic carbocycles. The lowest BCUT2D eigenvalue weighted by Crippen LogP contribution is -2.34. The molecule has 1 aromatic carbocycles. The molecule has 2 rings (SSSR count). The van der Waals surface area contributed by atoms with Crippen LogP contribution >= 0.6 is 11.6 Å². The zero-order valence-corrected chi connectivity index (χ0v) is 11.2. The zero-order valence-electron chi connectivity index (χ0n) is 10.5. The summed E-state index contributed by atoms with van der Waals surface area (Å²) in [6, 6.07) is 4.26. The van der Waals surface area contributed by atoms with Gasteiger partial charge in [-0.3, -0.25) is 9.59 Å². The van der Waals surface area contributed by atoms with Crippen molar-refractivity contribution in [3.63, 3.8) is 0 Å². The van der Waals surface area contributed by atoms with Crippen molar-refractivity contribution in [2.45, 2.75) is 12.8 Å². The Hall–Kier alpha value is -1.88. The van der Waals surface area contributed by atoms with Gasteiger partial charge < -0.3 is 10.4 Å². The highest BCUT2D eigenvalue weighted by Crippen LogP contribution is 2.28. The third kappa shape index (κ3) is 2.99. The SMILES string of the molecule is O=C(Nc1cccc(Cl)c1F)[C@H]1CC=CC[C@H]1C(=O)O. The Morgan fingerprint density at radius 1 is 1.25 bits per heavy atom. The molecular weight excluding hydrogens is 285 g/mol. The van der Waals surface area contributed by atoms with Gasteiger partial charge in [-0.15, -0.1) is 0 Å². The maximum atomic E-state index is 13.7. The van der Waals surface area contributed by atoms with Crippen molar-refractivity contribution < 1.29 is 19.1 Å². The molecule has 0 saturated carbocycles. The molecule has 0 aromatic heterocycles. The van der Waals surface area contributed by atoms with Crippen LogP contribution in [0.25, 0.3) is 0 Å². The molecule has 6 heteroatoms. The summed E-state index contributed by atoms with van der Waals surface area (Å²) >= 11 is 5.63. The van der Waals surface area contributed by atoms with E-state index >= 15 is 0 Å². The summed E-state index contributed by atoms with van der Waals surface area (Å²) in [6.45, 7) is 0. The fourth-order valence-electron chi connectivity index (χ4n) is 2.20. The number of rotatable bonds is 3. The molecule has 0 spiro atoms. The summed E-state index contributed by atoms with van der Waals surface area (Å²) in [4.78, 5) is 23.3. The van der Waals surface area contributed by atoms with Crippen molar-refractivity contribution >= 4 is 29.2 Å². The number of allylic oxidation sites excluding steroid dienone is 2. The fourth-order valence-corrected chi connectivity index (χ4v) is 2.38. The average Bonchev–Trinajstić information content (AvgIpc) is 2.43. The van der Waals surface area contributed by atoms with Crippen LogP contribution in [0.3, 0.4) is 0 Å². The molecule has 0 bridgehead atoms. The lowest BCUT2D eigenvalue weighted by molar-refractivity contribution is -0.146. The number of hydrogen-bond donors (Lipinski definition) is 2. The molecule has 20 heavy (non-hydrogen) atoms. The molecule has 4 nitrogen and oxygen atoms in total. The largest absolute Gasteiger partial charge is 0.481 e. The first-order chi connectivity index (χ1) is 9.50. The van der Waals surface area contributed by atoms with Crippen LogP contribution in [0.5, 0.6) is 0 Å². The second-order valence-electron chi connectivity index (χ2n) is 4.58. The minimum absolute atomic E-state index is 0.0406. The summed E-state index contributed by atoms with van der Waals surface area (Å²) in [5.41, 5.74) is -0.0406. The summed E-state index contributed by atoms with van der Waals surface area (Å²) in [7, 11) is 0. The number of carbonyl (C=O) groups excluding carboxylic acids is 1. The van der Waals surface area contributed by atoms with Crippen molar-refractivity contribution in [1.29, 1.82) is 0 Å². The molecule has 2 atom stereocenters. The van der Waals surface area contributed by atoms with E-state index in [-0.39, 0.29) is 10.7 Å². The second kappa shape index (κ2) is 6.05. The van der Waals surface area contributed by atoms with E-state index in [9.17, 15) is 14.0 Å². The maximum absolute atomic E-state index is 13.7. The Labute approximate surface area is 120 Å². The average molecular weight is 298 g/mol. The van der Waals surface area contributed by atoms with Gasteiger partial charge in [-0.1, -0.05) is 29.8 Å². The molecule has 1 aliphatic rings. The number of hydrogen-bond acceptors (Lipinski definition) is 2. The van der Waals surface area contributed by atoms with Gasteiger partial charge in [-0.05, 0) is 25.0 Å². The van der Waals surface area contributed by atoms with Gasteiger partial charge >= 0.3 is 5.97 Å². The molecule has 1 aromatic rings. The van der Waals surface area contributed by atoms with E-state index in [1.54, 1.807) is 12.2 Å². The molecule has 2 N–H and O–H groups in total. The summed E-state index contributed by atoms with van der Waals surface area (Å²) in [5, 5.41) is 11.4. The Kier molecular flexibility index (Phi) is 4.39. The normalized spacial score (nSPS) is 21.5. The topological polar surface area (TPSA) is 66.4 Å². The number of aliphatic carboxylic acids is 1. The quantitative estimate of drug-likeness (QED) is 0.843. The first kappa shape index (κ1) is 14.5. The standard InChI is InChI=1S/C14H13ClFNO3/c15-10-6-3-7-11(12(10)16)17-13(18)8-4-1-2-5-9(8)14(19)20/h1-3,6-9H,4-5H2,(H,17,18)(H,19,20)/t8-,9+/m0/s1. The van der Waals surface area contributed by atoms with Crippen LogP contribution in [0, 0.1) is 17.7 Å². The first-order valence-electron chi connectivity index (χ1n) is 6.13. The van der Waals surface area contributed by atoms with Crippen molar-refractivity contribution in [2.24, 2.45) is 11.8 Å². The van der Waals surface area contributed by atoms with E-state index in [1.165, 1.54) is 18.2 Å². The number of carbonyl (C=O) groups is 2. The van der Waals surface area contributed by atoms with Crippen molar-refractivity contribution in [3.8, 4) is 0 Å². The molecule has 106 valence electrons. The van der Waals surface area contributed by atoms with Crippen LogP contribution in [-0.2, 0) is 9.59 Å². The number of anilines is 1. The number of nitrogens with one attached hydrogen (secondary N) is 1. The van der Waals surface area contributed by atoms with E-state index in [0.29, 0.717) is 12.8 Å². The van der Waals surface area contributed by atoms with Crippen molar-refractivity contribution in [1.82, 2.24) is 0 Å². The van der Waals surface area contributed by atoms with Gasteiger partial charge in [-0.25, -0.2) is 4.39 Å². The molecule has 0 unspecified atom stereocenters. The van der Waals surface area contributed by atoms with Crippen LogP contribution in [0.1, 0.15) is 12.8 Å². The first-order valence-corrected chi connectivity index (χ1v) is 6.51. The predicted octanol–water partition coefficient (Wildman–Crippen LogP) is 3.08. The van der Waals surface area contributed by atoms with E-state index in [4.69, 9.17) is 16.7 Å². The third-order valence-electron chi connectivity index (χ3n) is 3.30. The molecule has 0 heterocycles. The molecule has 0 fully saturated rings. The van der Waals surface area contributed by atoms with Crippen LogP contribution in [0.15, 0.2) is 30.4 Å². The van der Waals surface area contributed by atoms with Gasteiger partial charge in [0.2, 0.25) is 5.91 Å². The van der Waals surface area contributed by atoms with Gasteiger partial charge in [0.15, 0.2) is 5.82 Å². The van der Waals surface area contributed by atoms with Crippen LogP contribution in [-0.4, -0.2) is 17.0 Å². The lowest BCUT2D eigenvalue weighted by Gasteiger charge is -2.24. The highest BCUT2D eigenvalue weighted by Gasteiger charge is 2.34. The molecule has 0 radical (unpaired) electrons. The van der Waals surface area contributed by atoms with Crippen LogP contribution in [0.2, 0.25) is 5.02 Å².